The highest BCUT2D eigenvalue weighted by Crippen LogP contribution is 2.36. The first-order chi connectivity index (χ1) is 6.83. The first-order valence-corrected chi connectivity index (χ1v) is 5.05. The summed E-state index contributed by atoms with van der Waals surface area (Å²) in [7, 11) is 0. The maximum absolute atomic E-state index is 9.28. The van der Waals surface area contributed by atoms with E-state index in [9.17, 15) is 5.11 Å². The molecule has 0 amide bonds. The van der Waals surface area contributed by atoms with Gasteiger partial charge in [-0.05, 0) is 25.0 Å². The number of fused-ring (bicyclic) bond motifs is 1. The maximum Gasteiger partial charge on any atom is 0.127 e. The van der Waals surface area contributed by atoms with Gasteiger partial charge in [-0.15, -0.1) is 0 Å². The van der Waals surface area contributed by atoms with E-state index < -0.39 is 0 Å². The Bertz CT molecular complexity index is 360. The first-order valence-electron chi connectivity index (χ1n) is 5.05. The van der Waals surface area contributed by atoms with Gasteiger partial charge in [0.2, 0.25) is 0 Å². The van der Waals surface area contributed by atoms with Crippen LogP contribution in [0.3, 0.4) is 0 Å². The third-order valence-electron chi connectivity index (χ3n) is 2.79. The lowest BCUT2D eigenvalue weighted by molar-refractivity contribution is 0.309. The van der Waals surface area contributed by atoms with Gasteiger partial charge in [-0.25, -0.2) is 0 Å². The summed E-state index contributed by atoms with van der Waals surface area (Å²) in [4.78, 5) is 0. The Hall–Kier alpha value is -1.22. The largest absolute Gasteiger partial charge is 0.508 e. The molecule has 0 aromatic heterocycles. The van der Waals surface area contributed by atoms with E-state index in [2.05, 4.69) is 5.32 Å². The van der Waals surface area contributed by atoms with Crippen molar-refractivity contribution in [1.82, 2.24) is 5.32 Å². The molecule has 14 heavy (non-hydrogen) atoms. The number of benzene rings is 1. The SMILES string of the molecule is Oc1ccc2c(c1)OCC2NC1CC1. The molecule has 0 saturated heterocycles. The Morgan fingerprint density at radius 2 is 2.21 bits per heavy atom. The second kappa shape index (κ2) is 2.89. The third kappa shape index (κ3) is 1.34. The smallest absolute Gasteiger partial charge is 0.127 e. The number of hydrogen-bond donors (Lipinski definition) is 2. The van der Waals surface area contributed by atoms with E-state index in [1.54, 1.807) is 12.1 Å². The molecule has 0 bridgehead atoms. The lowest BCUT2D eigenvalue weighted by Gasteiger charge is -2.09. The summed E-state index contributed by atoms with van der Waals surface area (Å²) in [6, 6.07) is 6.35. The molecule has 2 N–H and O–H groups in total. The molecule has 1 heterocycles. The van der Waals surface area contributed by atoms with Gasteiger partial charge in [0, 0.05) is 17.7 Å². The van der Waals surface area contributed by atoms with Crippen molar-refractivity contribution in [3.63, 3.8) is 0 Å². The van der Waals surface area contributed by atoms with Crippen LogP contribution >= 0.6 is 0 Å². The molecule has 0 radical (unpaired) electrons. The molecule has 1 aliphatic carbocycles. The molecule has 1 aliphatic heterocycles. The number of nitrogens with one attached hydrogen (secondary N) is 1. The molecular formula is C11H13NO2. The van der Waals surface area contributed by atoms with E-state index in [0.717, 1.165) is 5.75 Å². The van der Waals surface area contributed by atoms with Crippen molar-refractivity contribution in [1.29, 1.82) is 0 Å². The predicted molar refractivity (Wildman–Crippen MR) is 52.5 cm³/mol. The Kier molecular flexibility index (Phi) is 1.67. The Morgan fingerprint density at radius 1 is 1.36 bits per heavy atom. The summed E-state index contributed by atoms with van der Waals surface area (Å²) in [5.74, 6) is 1.10. The molecular weight excluding hydrogens is 178 g/mol. The van der Waals surface area contributed by atoms with Gasteiger partial charge in [0.1, 0.15) is 18.1 Å². The van der Waals surface area contributed by atoms with E-state index >= 15 is 0 Å². The van der Waals surface area contributed by atoms with Crippen molar-refractivity contribution in [2.45, 2.75) is 24.9 Å². The van der Waals surface area contributed by atoms with Gasteiger partial charge in [-0.2, -0.15) is 0 Å². The Labute approximate surface area is 82.7 Å². The molecule has 1 fully saturated rings. The van der Waals surface area contributed by atoms with E-state index in [1.165, 1.54) is 18.4 Å². The maximum atomic E-state index is 9.28. The zero-order chi connectivity index (χ0) is 9.54. The molecule has 1 aromatic carbocycles. The minimum absolute atomic E-state index is 0.274. The lowest BCUT2D eigenvalue weighted by Crippen LogP contribution is -2.24. The minimum atomic E-state index is 0.274. The van der Waals surface area contributed by atoms with Crippen LogP contribution in [0.25, 0.3) is 0 Å². The van der Waals surface area contributed by atoms with E-state index in [4.69, 9.17) is 4.74 Å². The van der Waals surface area contributed by atoms with Crippen LogP contribution < -0.4 is 10.1 Å². The molecule has 0 spiro atoms. The second-order valence-electron chi connectivity index (χ2n) is 4.03. The van der Waals surface area contributed by atoms with E-state index in [-0.39, 0.29) is 5.75 Å². The molecule has 1 aromatic rings. The monoisotopic (exact) mass is 191 g/mol. The van der Waals surface area contributed by atoms with Crippen molar-refractivity contribution in [3.05, 3.63) is 23.8 Å². The fraction of sp³-hybridized carbons (Fsp3) is 0.455. The van der Waals surface area contributed by atoms with Crippen molar-refractivity contribution in [2.75, 3.05) is 6.61 Å². The molecule has 3 rings (SSSR count). The van der Waals surface area contributed by atoms with Crippen molar-refractivity contribution in [3.8, 4) is 11.5 Å². The highest BCUT2D eigenvalue weighted by atomic mass is 16.5. The van der Waals surface area contributed by atoms with Crippen LogP contribution in [-0.2, 0) is 0 Å². The van der Waals surface area contributed by atoms with Gasteiger partial charge in [-0.3, -0.25) is 0 Å². The van der Waals surface area contributed by atoms with Gasteiger partial charge in [0.15, 0.2) is 0 Å². The number of phenolic OH excluding ortho intramolecular Hbond substituents is 1. The summed E-state index contributed by atoms with van der Waals surface area (Å²) in [6.07, 6.45) is 2.56. The zero-order valence-electron chi connectivity index (χ0n) is 7.86. The zero-order valence-corrected chi connectivity index (χ0v) is 7.86. The highest BCUT2D eigenvalue weighted by Gasteiger charge is 2.30. The van der Waals surface area contributed by atoms with Crippen LogP contribution in [0, 0.1) is 0 Å². The number of aromatic hydroxyl groups is 1. The topological polar surface area (TPSA) is 41.5 Å². The van der Waals surface area contributed by atoms with Crippen molar-refractivity contribution in [2.24, 2.45) is 0 Å². The number of ether oxygens (including phenoxy) is 1. The Morgan fingerprint density at radius 3 is 3.00 bits per heavy atom. The summed E-state index contributed by atoms with van der Waals surface area (Å²) >= 11 is 0. The second-order valence-corrected chi connectivity index (χ2v) is 4.03. The summed E-state index contributed by atoms with van der Waals surface area (Å²) in [6.45, 7) is 0.690. The van der Waals surface area contributed by atoms with Gasteiger partial charge < -0.3 is 15.2 Å². The molecule has 1 saturated carbocycles. The average Bonchev–Trinajstić information content (AvgIpc) is 2.89. The Balaban J connectivity index is 1.85. The van der Waals surface area contributed by atoms with Crippen molar-refractivity contribution >= 4 is 0 Å². The summed E-state index contributed by atoms with van der Waals surface area (Å²) in [5, 5.41) is 12.8. The normalized spacial score (nSPS) is 24.4. The molecule has 3 nitrogen and oxygen atoms in total. The van der Waals surface area contributed by atoms with Crippen LogP contribution in [0.15, 0.2) is 18.2 Å². The van der Waals surface area contributed by atoms with Gasteiger partial charge >= 0.3 is 0 Å². The molecule has 1 unspecified atom stereocenters. The molecule has 1 atom stereocenters. The van der Waals surface area contributed by atoms with Gasteiger partial charge in [-0.1, -0.05) is 0 Å². The van der Waals surface area contributed by atoms with Crippen LogP contribution in [0.2, 0.25) is 0 Å². The third-order valence-corrected chi connectivity index (χ3v) is 2.79. The van der Waals surface area contributed by atoms with Crippen LogP contribution in [0.4, 0.5) is 0 Å². The summed E-state index contributed by atoms with van der Waals surface area (Å²) in [5.41, 5.74) is 1.18. The standard InChI is InChI=1S/C11H13NO2/c13-8-3-4-9-10(12-7-1-2-7)6-14-11(9)5-8/h3-5,7,10,12-13H,1-2,6H2. The van der Waals surface area contributed by atoms with Crippen LogP contribution in [0.5, 0.6) is 11.5 Å². The van der Waals surface area contributed by atoms with Crippen molar-refractivity contribution < 1.29 is 9.84 Å². The van der Waals surface area contributed by atoms with Gasteiger partial charge in [0.25, 0.3) is 0 Å². The molecule has 3 heteroatoms. The van der Waals surface area contributed by atoms with Crippen LogP contribution in [-0.4, -0.2) is 17.8 Å². The first kappa shape index (κ1) is 8.12. The number of hydrogen-bond acceptors (Lipinski definition) is 3. The fourth-order valence-corrected chi connectivity index (χ4v) is 1.87. The number of phenols is 1. The minimum Gasteiger partial charge on any atom is -0.508 e. The van der Waals surface area contributed by atoms with E-state index in [0.29, 0.717) is 18.7 Å². The highest BCUT2D eigenvalue weighted by molar-refractivity contribution is 5.44. The molecule has 74 valence electrons. The van der Waals surface area contributed by atoms with Gasteiger partial charge in [0.05, 0.1) is 6.04 Å². The number of rotatable bonds is 2. The summed E-state index contributed by atoms with van der Waals surface area (Å²) < 4.78 is 5.50. The predicted octanol–water partition coefficient (Wildman–Crippen LogP) is 1.58. The average molecular weight is 191 g/mol. The fourth-order valence-electron chi connectivity index (χ4n) is 1.87. The lowest BCUT2D eigenvalue weighted by atomic mass is 10.1. The molecule has 2 aliphatic rings. The van der Waals surface area contributed by atoms with Crippen LogP contribution in [0.1, 0.15) is 24.4 Å². The van der Waals surface area contributed by atoms with E-state index in [1.807, 2.05) is 6.07 Å². The quantitative estimate of drug-likeness (QED) is 0.745.